The average molecular weight is 405 g/mol. The largest absolute Gasteiger partial charge is 0.354 e. The first-order valence-corrected chi connectivity index (χ1v) is 9.99. The topological polar surface area (TPSA) is 90.9 Å². The van der Waals surface area contributed by atoms with E-state index in [1.165, 1.54) is 4.57 Å². The fourth-order valence-corrected chi connectivity index (χ4v) is 3.67. The third-order valence-electron chi connectivity index (χ3n) is 5.18. The molecule has 0 atom stereocenters. The van der Waals surface area contributed by atoms with Crippen molar-refractivity contribution < 1.29 is 4.79 Å². The molecule has 2 heterocycles. The first kappa shape index (κ1) is 19.6. The number of amides is 1. The lowest BCUT2D eigenvalue weighted by Gasteiger charge is -2.13. The van der Waals surface area contributed by atoms with Gasteiger partial charge < -0.3 is 9.88 Å². The second kappa shape index (κ2) is 8.36. The van der Waals surface area contributed by atoms with Crippen molar-refractivity contribution in [3.05, 3.63) is 75.7 Å². The summed E-state index contributed by atoms with van der Waals surface area (Å²) in [5.74, 6) is -0.265. The van der Waals surface area contributed by atoms with Crippen molar-refractivity contribution in [1.82, 2.24) is 24.0 Å². The normalized spacial score (nSPS) is 11.2. The van der Waals surface area contributed by atoms with Gasteiger partial charge in [0.25, 0.3) is 5.56 Å². The number of nitrogens with zero attached hydrogens (tertiary/aromatic N) is 4. The summed E-state index contributed by atoms with van der Waals surface area (Å²) in [6, 6.07) is 14.8. The number of hydrogen-bond donors (Lipinski definition) is 1. The highest BCUT2D eigenvalue weighted by Crippen LogP contribution is 2.12. The number of benzene rings is 2. The van der Waals surface area contributed by atoms with E-state index < -0.39 is 5.69 Å². The Bertz CT molecular complexity index is 1330. The van der Waals surface area contributed by atoms with Crippen LogP contribution in [0.4, 0.5) is 0 Å². The Labute approximate surface area is 172 Å². The zero-order chi connectivity index (χ0) is 21.1. The van der Waals surface area contributed by atoms with E-state index in [9.17, 15) is 14.4 Å². The number of para-hydroxylation sites is 3. The van der Waals surface area contributed by atoms with Crippen molar-refractivity contribution in [2.75, 3.05) is 6.54 Å². The molecule has 0 aliphatic rings. The third kappa shape index (κ3) is 3.63. The number of fused-ring (bicyclic) bond motifs is 2. The Hall–Kier alpha value is -3.68. The molecule has 0 fully saturated rings. The Morgan fingerprint density at radius 2 is 1.73 bits per heavy atom. The lowest BCUT2D eigenvalue weighted by Crippen LogP contribution is -2.42. The molecular weight excluding hydrogens is 382 g/mol. The first-order valence-electron chi connectivity index (χ1n) is 9.99. The molecule has 1 amide bonds. The van der Waals surface area contributed by atoms with Gasteiger partial charge >= 0.3 is 5.69 Å². The average Bonchev–Trinajstić information content (AvgIpc) is 3.18. The van der Waals surface area contributed by atoms with Gasteiger partial charge in [0.2, 0.25) is 5.91 Å². The van der Waals surface area contributed by atoms with Gasteiger partial charge in [-0.05, 0) is 37.6 Å². The summed E-state index contributed by atoms with van der Waals surface area (Å²) in [5, 5.41) is 3.30. The van der Waals surface area contributed by atoms with Crippen LogP contribution in [-0.2, 0) is 24.4 Å². The highest BCUT2D eigenvalue weighted by Gasteiger charge is 2.14. The van der Waals surface area contributed by atoms with Gasteiger partial charge in [-0.3, -0.25) is 18.7 Å². The number of aryl methyl sites for hydroxylation is 1. The van der Waals surface area contributed by atoms with Crippen LogP contribution < -0.4 is 16.6 Å². The van der Waals surface area contributed by atoms with Gasteiger partial charge in [-0.2, -0.15) is 0 Å². The molecule has 30 heavy (non-hydrogen) atoms. The summed E-state index contributed by atoms with van der Waals surface area (Å²) in [7, 11) is 0. The van der Waals surface area contributed by atoms with Crippen LogP contribution in [0.1, 0.15) is 13.3 Å². The van der Waals surface area contributed by atoms with E-state index in [2.05, 4.69) is 14.9 Å². The maximum Gasteiger partial charge on any atom is 0.331 e. The van der Waals surface area contributed by atoms with Gasteiger partial charge in [0.1, 0.15) is 6.54 Å². The van der Waals surface area contributed by atoms with E-state index in [1.807, 2.05) is 24.3 Å². The molecule has 154 valence electrons. The second-order valence-electron chi connectivity index (χ2n) is 7.07. The zero-order valence-electron chi connectivity index (χ0n) is 16.7. The fraction of sp³-hybridized carbons (Fsp3) is 0.273. The van der Waals surface area contributed by atoms with Gasteiger partial charge in [0, 0.05) is 19.6 Å². The van der Waals surface area contributed by atoms with Gasteiger partial charge in [0.15, 0.2) is 0 Å². The Morgan fingerprint density at radius 3 is 2.53 bits per heavy atom. The number of rotatable bonds is 7. The summed E-state index contributed by atoms with van der Waals surface area (Å²) in [6.45, 7) is 3.06. The first-order chi connectivity index (χ1) is 14.6. The Balaban J connectivity index is 1.44. The van der Waals surface area contributed by atoms with Crippen molar-refractivity contribution in [3.63, 3.8) is 0 Å². The van der Waals surface area contributed by atoms with Gasteiger partial charge in [0.05, 0.1) is 28.3 Å². The lowest BCUT2D eigenvalue weighted by atomic mass is 10.2. The van der Waals surface area contributed by atoms with Gasteiger partial charge in [-0.25, -0.2) is 9.78 Å². The molecule has 0 saturated heterocycles. The number of carbonyl (C=O) groups is 1. The maximum absolute atomic E-state index is 12.7. The van der Waals surface area contributed by atoms with Crippen molar-refractivity contribution in [2.24, 2.45) is 0 Å². The highest BCUT2D eigenvalue weighted by atomic mass is 16.2. The Morgan fingerprint density at radius 1 is 1.00 bits per heavy atom. The van der Waals surface area contributed by atoms with Crippen molar-refractivity contribution in [3.8, 4) is 0 Å². The van der Waals surface area contributed by atoms with Crippen LogP contribution in [0.2, 0.25) is 0 Å². The maximum atomic E-state index is 12.7. The minimum absolute atomic E-state index is 0.131. The summed E-state index contributed by atoms with van der Waals surface area (Å²) in [5.41, 5.74) is 1.67. The van der Waals surface area contributed by atoms with E-state index in [4.69, 9.17) is 0 Å². The Kier molecular flexibility index (Phi) is 5.47. The summed E-state index contributed by atoms with van der Waals surface area (Å²) in [4.78, 5) is 42.0. The number of imidazole rings is 1. The van der Waals surface area contributed by atoms with Crippen LogP contribution in [0.3, 0.4) is 0 Å². The lowest BCUT2D eigenvalue weighted by molar-refractivity contribution is -0.121. The number of aromatic nitrogens is 4. The van der Waals surface area contributed by atoms with Crippen LogP contribution in [0.15, 0.2) is 64.4 Å². The monoisotopic (exact) mass is 405 g/mol. The number of carbonyl (C=O) groups excluding carboxylic acids is 1. The summed E-state index contributed by atoms with van der Waals surface area (Å²) >= 11 is 0. The SMILES string of the molecule is CCn1c(=O)c2ccccc2n(CC(=O)NCCCn2cnc3ccccc32)c1=O. The third-order valence-corrected chi connectivity index (χ3v) is 5.18. The molecule has 0 unspecified atom stereocenters. The van der Waals surface area contributed by atoms with Crippen LogP contribution in [0.25, 0.3) is 21.9 Å². The smallest absolute Gasteiger partial charge is 0.331 e. The molecule has 0 radical (unpaired) electrons. The molecule has 0 bridgehead atoms. The van der Waals surface area contributed by atoms with Gasteiger partial charge in [-0.1, -0.05) is 24.3 Å². The van der Waals surface area contributed by atoms with Crippen molar-refractivity contribution in [2.45, 2.75) is 33.0 Å². The van der Waals surface area contributed by atoms with Crippen molar-refractivity contribution in [1.29, 1.82) is 0 Å². The van der Waals surface area contributed by atoms with E-state index >= 15 is 0 Å². The van der Waals surface area contributed by atoms with Crippen molar-refractivity contribution >= 4 is 27.8 Å². The number of hydrogen-bond acceptors (Lipinski definition) is 4. The molecule has 0 aliphatic carbocycles. The highest BCUT2D eigenvalue weighted by molar-refractivity contribution is 5.81. The number of nitrogens with one attached hydrogen (secondary N) is 1. The minimum Gasteiger partial charge on any atom is -0.354 e. The van der Waals surface area contributed by atoms with E-state index in [-0.39, 0.29) is 24.6 Å². The molecular formula is C22H23N5O3. The molecule has 0 saturated carbocycles. The van der Waals surface area contributed by atoms with Crippen LogP contribution in [-0.4, -0.2) is 31.1 Å². The predicted molar refractivity (Wildman–Crippen MR) is 116 cm³/mol. The van der Waals surface area contributed by atoms with E-state index in [0.29, 0.717) is 17.4 Å². The molecule has 1 N–H and O–H groups in total. The summed E-state index contributed by atoms with van der Waals surface area (Å²) in [6.07, 6.45) is 2.53. The fourth-order valence-electron chi connectivity index (χ4n) is 3.67. The molecule has 8 nitrogen and oxygen atoms in total. The minimum atomic E-state index is -0.471. The van der Waals surface area contributed by atoms with Crippen LogP contribution >= 0.6 is 0 Å². The predicted octanol–water partition coefficient (Wildman–Crippen LogP) is 1.74. The molecule has 2 aromatic carbocycles. The molecule has 0 aliphatic heterocycles. The molecule has 4 aromatic rings. The van der Waals surface area contributed by atoms with Gasteiger partial charge in [-0.15, -0.1) is 0 Å². The second-order valence-corrected chi connectivity index (χ2v) is 7.07. The van der Waals surface area contributed by atoms with E-state index in [1.54, 1.807) is 37.5 Å². The summed E-state index contributed by atoms with van der Waals surface area (Å²) < 4.78 is 4.56. The zero-order valence-corrected chi connectivity index (χ0v) is 16.7. The molecule has 2 aromatic heterocycles. The quantitative estimate of drug-likeness (QED) is 0.474. The van der Waals surface area contributed by atoms with Crippen LogP contribution in [0, 0.1) is 0 Å². The van der Waals surface area contributed by atoms with Crippen LogP contribution in [0.5, 0.6) is 0 Å². The van der Waals surface area contributed by atoms with E-state index in [0.717, 1.165) is 28.6 Å². The molecule has 8 heteroatoms. The molecule has 4 rings (SSSR count). The standard InChI is InChI=1S/C22H23N5O3/c1-2-26-21(29)16-8-3-5-10-18(16)27(22(26)30)14-20(28)23-12-7-13-25-15-24-17-9-4-6-11-19(17)25/h3-6,8-11,15H,2,7,12-14H2,1H3,(H,23,28). The molecule has 0 spiro atoms.